The molecule has 1 heterocycles. The van der Waals surface area contributed by atoms with Crippen molar-refractivity contribution >= 4 is 47.5 Å². The average molecular weight is 609 g/mol. The van der Waals surface area contributed by atoms with Gasteiger partial charge < -0.3 is 25.8 Å². The smallest absolute Gasteiger partial charge is 0.293 e. The van der Waals surface area contributed by atoms with Crippen LogP contribution in [0.1, 0.15) is 47.3 Å². The maximum atomic E-state index is 13.0. The molecule has 8 nitrogen and oxygen atoms in total. The highest BCUT2D eigenvalue weighted by Gasteiger charge is 2.15. The van der Waals surface area contributed by atoms with Gasteiger partial charge in [0, 0.05) is 65.1 Å². The molecule has 228 valence electrons. The van der Waals surface area contributed by atoms with Crippen molar-refractivity contribution in [3.05, 3.63) is 117 Å². The van der Waals surface area contributed by atoms with Crippen LogP contribution in [0.3, 0.4) is 0 Å². The minimum absolute atomic E-state index is 0.0102. The van der Waals surface area contributed by atoms with Gasteiger partial charge in [-0.2, -0.15) is 0 Å². The number of hydrogen-bond acceptors (Lipinski definition) is 7. The zero-order valence-corrected chi connectivity index (χ0v) is 26.8. The number of nitrogens with two attached hydrogens (primary N) is 1. The summed E-state index contributed by atoms with van der Waals surface area (Å²) >= 11 is 4.68. The normalized spacial score (nSPS) is 11.3. The van der Waals surface area contributed by atoms with Crippen LogP contribution in [0.5, 0.6) is 0 Å². The number of aromatic nitrogens is 2. The van der Waals surface area contributed by atoms with E-state index >= 15 is 0 Å². The Kier molecular flexibility index (Phi) is 10.3. The van der Waals surface area contributed by atoms with Crippen molar-refractivity contribution in [3.63, 3.8) is 0 Å². The molecule has 1 aromatic heterocycles. The molecule has 4 rings (SSSR count). The van der Waals surface area contributed by atoms with E-state index in [4.69, 9.17) is 10.7 Å². The molecule has 0 spiro atoms. The number of amides is 1. The number of nitrogens with zero attached hydrogens (tertiary/aromatic N) is 3. The van der Waals surface area contributed by atoms with Crippen LogP contribution >= 0.6 is 12.6 Å². The van der Waals surface area contributed by atoms with Crippen LogP contribution < -0.4 is 21.9 Å². The van der Waals surface area contributed by atoms with Gasteiger partial charge >= 0.3 is 0 Å². The summed E-state index contributed by atoms with van der Waals surface area (Å²) in [5.74, 6) is 0.175. The largest absolute Gasteiger partial charge is 0.399 e. The van der Waals surface area contributed by atoms with Crippen molar-refractivity contribution in [1.29, 1.82) is 0 Å². The van der Waals surface area contributed by atoms with Crippen LogP contribution in [-0.2, 0) is 7.05 Å². The van der Waals surface area contributed by atoms with E-state index in [1.165, 1.54) is 4.57 Å². The lowest BCUT2D eigenvalue weighted by atomic mass is 10.0. The molecule has 0 saturated carbocycles. The molecule has 0 atom stereocenters. The van der Waals surface area contributed by atoms with E-state index in [2.05, 4.69) is 36.8 Å². The van der Waals surface area contributed by atoms with Crippen molar-refractivity contribution in [2.24, 2.45) is 7.05 Å². The van der Waals surface area contributed by atoms with Crippen LogP contribution in [0.15, 0.2) is 88.8 Å². The number of carbonyl (C=O) groups excluding carboxylic acids is 1. The average Bonchev–Trinajstić information content (AvgIpc) is 3.01. The first kappa shape index (κ1) is 32.2. The van der Waals surface area contributed by atoms with Gasteiger partial charge in [0.15, 0.2) is 5.82 Å². The number of nitrogens with one attached hydrogen (secondary N) is 2. The summed E-state index contributed by atoms with van der Waals surface area (Å²) in [5.41, 5.74) is 13.6. The van der Waals surface area contributed by atoms with Gasteiger partial charge in [-0.15, -0.1) is 12.6 Å². The number of benzene rings is 3. The van der Waals surface area contributed by atoms with Crippen molar-refractivity contribution in [2.45, 2.75) is 34.1 Å². The Bertz CT molecular complexity index is 1780. The molecule has 9 heteroatoms. The van der Waals surface area contributed by atoms with E-state index < -0.39 is 0 Å². The Hall–Kier alpha value is -4.76. The highest BCUT2D eigenvalue weighted by atomic mass is 32.1. The number of aryl methyl sites for hydroxylation is 2. The van der Waals surface area contributed by atoms with Gasteiger partial charge in [-0.3, -0.25) is 9.59 Å². The van der Waals surface area contributed by atoms with Gasteiger partial charge in [0.2, 0.25) is 0 Å². The van der Waals surface area contributed by atoms with Crippen LogP contribution in [0.25, 0.3) is 17.3 Å². The summed E-state index contributed by atoms with van der Waals surface area (Å²) in [7, 11) is 1.70. The number of anilines is 4. The first-order valence-corrected chi connectivity index (χ1v) is 15.0. The molecule has 3 aromatic carbocycles. The van der Waals surface area contributed by atoms with E-state index in [-0.39, 0.29) is 17.3 Å². The molecule has 0 aliphatic rings. The Labute approximate surface area is 264 Å². The fourth-order valence-corrected chi connectivity index (χ4v) is 5.03. The van der Waals surface area contributed by atoms with Gasteiger partial charge in [-0.1, -0.05) is 31.7 Å². The second kappa shape index (κ2) is 14.1. The first-order chi connectivity index (χ1) is 21.0. The summed E-state index contributed by atoms with van der Waals surface area (Å²) in [5, 5.41) is 6.52. The highest BCUT2D eigenvalue weighted by Crippen LogP contribution is 2.30. The minimum atomic E-state index is -0.268. The fourth-order valence-electron chi connectivity index (χ4n) is 4.83. The lowest BCUT2D eigenvalue weighted by molar-refractivity contribution is 0.0764. The number of carbonyl (C=O) groups is 1. The van der Waals surface area contributed by atoms with E-state index in [1.54, 1.807) is 37.5 Å². The molecule has 0 unspecified atom stereocenters. The third-order valence-electron chi connectivity index (χ3n) is 7.43. The predicted octanol–water partition coefficient (Wildman–Crippen LogP) is 7.16. The van der Waals surface area contributed by atoms with Gasteiger partial charge in [0.05, 0.1) is 5.69 Å². The maximum absolute atomic E-state index is 13.0. The quantitative estimate of drug-likeness (QED) is 0.0818. The third-order valence-corrected chi connectivity index (χ3v) is 7.83. The highest BCUT2D eigenvalue weighted by molar-refractivity contribution is 7.85. The zero-order valence-electron chi connectivity index (χ0n) is 25.9. The van der Waals surface area contributed by atoms with Crippen LogP contribution in [0.4, 0.5) is 22.9 Å². The summed E-state index contributed by atoms with van der Waals surface area (Å²) in [6.45, 7) is 13.6. The molecular formula is C35H40N6O2S. The Balaban J connectivity index is 1.58. The Morgan fingerprint density at radius 2 is 1.84 bits per heavy atom. The van der Waals surface area contributed by atoms with Crippen LogP contribution in [-0.4, -0.2) is 33.4 Å². The summed E-state index contributed by atoms with van der Waals surface area (Å²) in [4.78, 5) is 33.1. The molecule has 0 aliphatic heterocycles. The summed E-state index contributed by atoms with van der Waals surface area (Å²) in [6, 6.07) is 18.7. The number of thiol groups is 1. The topological polar surface area (TPSA) is 105 Å². The maximum Gasteiger partial charge on any atom is 0.293 e. The van der Waals surface area contributed by atoms with Crippen molar-refractivity contribution in [3.8, 4) is 11.3 Å². The molecule has 0 radical (unpaired) electrons. The standard InChI is InChI=1S/C35H40N6O2S/c1-7-18-41(8-2)34(42)25-13-16-28(17-14-25)38-33-35(43)40(6)21-31(39-33)29-10-9-11-30(23(29)4)37-24(5)32(44)20-26-19-27(36)15-12-22(26)3/h9-17,19-21,37,44H,5,7-8,18,36H2,1-4,6H3,(H,38,39)/b32-20-. The molecule has 0 fully saturated rings. The van der Waals surface area contributed by atoms with Crippen LogP contribution in [0.2, 0.25) is 0 Å². The summed E-state index contributed by atoms with van der Waals surface area (Å²) < 4.78 is 1.51. The van der Waals surface area contributed by atoms with E-state index in [1.807, 2.05) is 68.1 Å². The minimum Gasteiger partial charge on any atom is -0.399 e. The van der Waals surface area contributed by atoms with Crippen molar-refractivity contribution in [1.82, 2.24) is 14.5 Å². The SMILES string of the molecule is C=C(Nc1cccc(-c2cn(C)c(=O)c(Nc3ccc(C(=O)N(CC)CCC)cc3)n2)c1C)/C(S)=C/c1cc(N)ccc1C. The molecule has 44 heavy (non-hydrogen) atoms. The third kappa shape index (κ3) is 7.41. The Morgan fingerprint density at radius 1 is 1.11 bits per heavy atom. The van der Waals surface area contributed by atoms with E-state index in [0.29, 0.717) is 46.3 Å². The van der Waals surface area contributed by atoms with Gasteiger partial charge in [-0.25, -0.2) is 4.98 Å². The lowest BCUT2D eigenvalue weighted by Gasteiger charge is -2.20. The predicted molar refractivity (Wildman–Crippen MR) is 187 cm³/mol. The van der Waals surface area contributed by atoms with E-state index in [9.17, 15) is 9.59 Å². The number of hydrogen-bond donors (Lipinski definition) is 4. The molecule has 0 bridgehead atoms. The Morgan fingerprint density at radius 3 is 2.52 bits per heavy atom. The molecular weight excluding hydrogens is 568 g/mol. The molecule has 4 aromatic rings. The van der Waals surface area contributed by atoms with Crippen molar-refractivity contribution < 1.29 is 4.79 Å². The second-order valence-electron chi connectivity index (χ2n) is 10.7. The van der Waals surface area contributed by atoms with Gasteiger partial charge in [0.1, 0.15) is 0 Å². The van der Waals surface area contributed by atoms with Gasteiger partial charge in [0.25, 0.3) is 11.5 Å². The summed E-state index contributed by atoms with van der Waals surface area (Å²) in [6.07, 6.45) is 4.55. The molecule has 0 aliphatic carbocycles. The zero-order chi connectivity index (χ0) is 32.0. The molecule has 1 amide bonds. The number of nitrogen functional groups attached to an aromatic ring is 1. The van der Waals surface area contributed by atoms with Crippen LogP contribution in [0, 0.1) is 13.8 Å². The lowest BCUT2D eigenvalue weighted by Crippen LogP contribution is -2.31. The van der Waals surface area contributed by atoms with E-state index in [0.717, 1.165) is 34.4 Å². The molecule has 0 saturated heterocycles. The van der Waals surface area contributed by atoms with Gasteiger partial charge in [-0.05, 0) is 92.4 Å². The monoisotopic (exact) mass is 608 g/mol. The fraction of sp³-hybridized carbons (Fsp3) is 0.229. The second-order valence-corrected chi connectivity index (χ2v) is 11.2. The van der Waals surface area contributed by atoms with Crippen molar-refractivity contribution in [2.75, 3.05) is 29.5 Å². The molecule has 4 N–H and O–H groups in total. The number of rotatable bonds is 11. The first-order valence-electron chi connectivity index (χ1n) is 14.6.